The number of benzene rings is 2. The Kier molecular flexibility index (Phi) is 3.06. The van der Waals surface area contributed by atoms with Gasteiger partial charge in [-0.2, -0.15) is 0 Å². The summed E-state index contributed by atoms with van der Waals surface area (Å²) in [6.07, 6.45) is 0. The number of hydrogen-bond acceptors (Lipinski definition) is 4. The van der Waals surface area contributed by atoms with E-state index in [1.807, 2.05) is 6.07 Å². The summed E-state index contributed by atoms with van der Waals surface area (Å²) in [6, 6.07) is 10.7. The average Bonchev–Trinajstić information content (AvgIpc) is 3.07. The Bertz CT molecular complexity index is 905. The number of halogens is 1. The quantitative estimate of drug-likeness (QED) is 0.363. The highest BCUT2D eigenvalue weighted by Gasteiger charge is 2.32. The van der Waals surface area contributed by atoms with Crippen molar-refractivity contribution in [2.45, 2.75) is 6.61 Å². The fourth-order valence-corrected chi connectivity index (χ4v) is 3.00. The van der Waals surface area contributed by atoms with Gasteiger partial charge in [0.25, 0.3) is 5.91 Å². The van der Waals surface area contributed by atoms with E-state index >= 15 is 0 Å². The molecule has 0 radical (unpaired) electrons. The third-order valence-corrected chi connectivity index (χ3v) is 4.07. The SMILES string of the molecule is NN=Nc1ccc2c(c1)/C(=C1\C(=O)Nc3ccc(Cl)cc31)OC2. The average molecular weight is 327 g/mol. The smallest absolute Gasteiger partial charge is 0.260 e. The van der Waals surface area contributed by atoms with E-state index in [2.05, 4.69) is 15.7 Å². The molecule has 23 heavy (non-hydrogen) atoms. The molecule has 2 heterocycles. The van der Waals surface area contributed by atoms with Crippen molar-refractivity contribution < 1.29 is 9.53 Å². The number of nitrogens with zero attached hydrogens (tertiary/aromatic N) is 2. The Morgan fingerprint density at radius 3 is 2.87 bits per heavy atom. The molecule has 2 aromatic rings. The van der Waals surface area contributed by atoms with Gasteiger partial charge in [0.2, 0.25) is 0 Å². The third-order valence-electron chi connectivity index (χ3n) is 3.84. The van der Waals surface area contributed by atoms with Crippen molar-refractivity contribution in [1.29, 1.82) is 0 Å². The Morgan fingerprint density at radius 1 is 1.17 bits per heavy atom. The zero-order chi connectivity index (χ0) is 16.0. The zero-order valence-electron chi connectivity index (χ0n) is 11.8. The lowest BCUT2D eigenvalue weighted by Crippen LogP contribution is -2.05. The predicted octanol–water partition coefficient (Wildman–Crippen LogP) is 3.65. The summed E-state index contributed by atoms with van der Waals surface area (Å²) in [5.74, 6) is 5.41. The number of fused-ring (bicyclic) bond motifs is 2. The van der Waals surface area contributed by atoms with E-state index in [-0.39, 0.29) is 5.91 Å². The van der Waals surface area contributed by atoms with Crippen molar-refractivity contribution >= 4 is 40.2 Å². The van der Waals surface area contributed by atoms with Crippen LogP contribution in [-0.2, 0) is 16.1 Å². The van der Waals surface area contributed by atoms with E-state index in [1.165, 1.54) is 0 Å². The number of nitrogens with two attached hydrogens (primary N) is 1. The number of amides is 1. The molecule has 2 aliphatic rings. The molecule has 114 valence electrons. The highest BCUT2D eigenvalue weighted by molar-refractivity contribution is 6.38. The number of carbonyl (C=O) groups excluding carboxylic acids is 1. The van der Waals surface area contributed by atoms with Crippen molar-refractivity contribution in [2.24, 2.45) is 16.2 Å². The first-order valence-electron chi connectivity index (χ1n) is 6.90. The first kappa shape index (κ1) is 13.8. The number of rotatable bonds is 1. The van der Waals surface area contributed by atoms with Gasteiger partial charge in [-0.05, 0) is 30.3 Å². The largest absolute Gasteiger partial charge is 0.487 e. The minimum absolute atomic E-state index is 0.212. The number of carbonyl (C=O) groups is 1. The molecule has 6 nitrogen and oxygen atoms in total. The third kappa shape index (κ3) is 2.15. The van der Waals surface area contributed by atoms with Crippen LogP contribution in [0.25, 0.3) is 11.3 Å². The second-order valence-corrected chi connectivity index (χ2v) is 5.63. The molecule has 0 saturated heterocycles. The van der Waals surface area contributed by atoms with E-state index in [0.29, 0.717) is 28.6 Å². The number of nitrogens with one attached hydrogen (secondary N) is 1. The van der Waals surface area contributed by atoms with Crippen molar-refractivity contribution in [3.8, 4) is 0 Å². The maximum atomic E-state index is 12.4. The molecule has 0 aliphatic carbocycles. The van der Waals surface area contributed by atoms with Crippen LogP contribution in [0.2, 0.25) is 5.02 Å². The van der Waals surface area contributed by atoms with Crippen molar-refractivity contribution in [1.82, 2.24) is 0 Å². The fraction of sp³-hybridized carbons (Fsp3) is 0.0625. The van der Waals surface area contributed by atoms with Crippen LogP contribution in [0.4, 0.5) is 11.4 Å². The molecule has 0 bridgehead atoms. The van der Waals surface area contributed by atoms with E-state index in [9.17, 15) is 4.79 Å². The molecule has 3 N–H and O–H groups in total. The molecule has 2 aliphatic heterocycles. The molecule has 0 aromatic heterocycles. The minimum atomic E-state index is -0.212. The van der Waals surface area contributed by atoms with Crippen LogP contribution < -0.4 is 11.2 Å². The second-order valence-electron chi connectivity index (χ2n) is 5.19. The van der Waals surface area contributed by atoms with Crippen LogP contribution in [0.1, 0.15) is 16.7 Å². The molecule has 2 aromatic carbocycles. The number of ether oxygens (including phenoxy) is 1. The van der Waals surface area contributed by atoms with Gasteiger partial charge in [-0.3, -0.25) is 4.79 Å². The van der Waals surface area contributed by atoms with Gasteiger partial charge in [0.1, 0.15) is 12.4 Å². The summed E-state index contributed by atoms with van der Waals surface area (Å²) in [5, 5.41) is 10.5. The summed E-state index contributed by atoms with van der Waals surface area (Å²) in [6.45, 7) is 0.400. The van der Waals surface area contributed by atoms with Gasteiger partial charge in [-0.15, -0.1) is 5.11 Å². The highest BCUT2D eigenvalue weighted by Crippen LogP contribution is 2.43. The Balaban J connectivity index is 1.93. The van der Waals surface area contributed by atoms with Crippen LogP contribution in [0.3, 0.4) is 0 Å². The monoisotopic (exact) mass is 326 g/mol. The van der Waals surface area contributed by atoms with Gasteiger partial charge in [0, 0.05) is 27.4 Å². The standard InChI is InChI=1S/C16H11ClN4O2/c17-9-2-4-13-12(5-9)14(16(22)19-13)15-11-6-10(20-21-18)3-1-8(11)7-23-15/h1-6H,7H2,(H2,18,20)(H,19,22)/b15-14+. The summed E-state index contributed by atoms with van der Waals surface area (Å²) in [7, 11) is 0. The Morgan fingerprint density at radius 2 is 2.04 bits per heavy atom. The van der Waals surface area contributed by atoms with E-state index in [1.54, 1.807) is 30.3 Å². The van der Waals surface area contributed by atoms with Crippen LogP contribution >= 0.6 is 11.6 Å². The maximum Gasteiger partial charge on any atom is 0.260 e. The summed E-state index contributed by atoms with van der Waals surface area (Å²) < 4.78 is 5.78. The fourth-order valence-electron chi connectivity index (χ4n) is 2.83. The summed E-state index contributed by atoms with van der Waals surface area (Å²) in [5.41, 5.74) is 4.32. The van der Waals surface area contributed by atoms with Crippen molar-refractivity contribution in [2.75, 3.05) is 5.32 Å². The molecule has 0 fully saturated rings. The number of hydrogen-bond donors (Lipinski definition) is 2. The van der Waals surface area contributed by atoms with Crippen LogP contribution in [0.5, 0.6) is 0 Å². The first-order chi connectivity index (χ1) is 11.2. The molecule has 7 heteroatoms. The summed E-state index contributed by atoms with van der Waals surface area (Å²) in [4.78, 5) is 12.4. The Hall–Kier alpha value is -2.86. The van der Waals surface area contributed by atoms with E-state index in [0.717, 1.165) is 22.4 Å². The number of anilines is 1. The lowest BCUT2D eigenvalue weighted by molar-refractivity contribution is -0.110. The lowest BCUT2D eigenvalue weighted by atomic mass is 10.00. The zero-order valence-corrected chi connectivity index (χ0v) is 12.6. The highest BCUT2D eigenvalue weighted by atomic mass is 35.5. The Labute approximate surface area is 136 Å². The maximum absolute atomic E-state index is 12.4. The lowest BCUT2D eigenvalue weighted by Gasteiger charge is -2.05. The molecule has 0 atom stereocenters. The first-order valence-corrected chi connectivity index (χ1v) is 7.28. The molecular formula is C16H11ClN4O2. The van der Waals surface area contributed by atoms with Gasteiger partial charge in [-0.1, -0.05) is 22.9 Å². The van der Waals surface area contributed by atoms with Crippen molar-refractivity contribution in [3.05, 3.63) is 58.1 Å². The van der Waals surface area contributed by atoms with Crippen molar-refractivity contribution in [3.63, 3.8) is 0 Å². The molecular weight excluding hydrogens is 316 g/mol. The minimum Gasteiger partial charge on any atom is -0.487 e. The molecule has 0 spiro atoms. The molecule has 0 unspecified atom stereocenters. The van der Waals surface area contributed by atoms with Gasteiger partial charge in [0.05, 0.1) is 11.3 Å². The van der Waals surface area contributed by atoms with Gasteiger partial charge < -0.3 is 15.9 Å². The van der Waals surface area contributed by atoms with Gasteiger partial charge in [0.15, 0.2) is 0 Å². The molecule has 4 rings (SSSR count). The normalized spacial score (nSPS) is 18.7. The van der Waals surface area contributed by atoms with Crippen LogP contribution in [0, 0.1) is 0 Å². The van der Waals surface area contributed by atoms with E-state index in [4.69, 9.17) is 22.2 Å². The predicted molar refractivity (Wildman–Crippen MR) is 86.8 cm³/mol. The van der Waals surface area contributed by atoms with Gasteiger partial charge in [-0.25, -0.2) is 0 Å². The molecule has 1 amide bonds. The van der Waals surface area contributed by atoms with Crippen LogP contribution in [-0.4, -0.2) is 5.91 Å². The van der Waals surface area contributed by atoms with E-state index < -0.39 is 0 Å². The molecule has 0 saturated carbocycles. The topological polar surface area (TPSA) is 89.1 Å². The second kappa shape index (κ2) is 5.10. The van der Waals surface area contributed by atoms with Crippen LogP contribution in [0.15, 0.2) is 46.7 Å². The summed E-state index contributed by atoms with van der Waals surface area (Å²) >= 11 is 6.07. The van der Waals surface area contributed by atoms with Gasteiger partial charge >= 0.3 is 0 Å².